The van der Waals surface area contributed by atoms with Gasteiger partial charge >= 0.3 is 0 Å². The van der Waals surface area contributed by atoms with E-state index in [2.05, 4.69) is 10.1 Å². The Morgan fingerprint density at radius 2 is 2.00 bits per heavy atom. The van der Waals surface area contributed by atoms with Gasteiger partial charge in [-0.1, -0.05) is 18.2 Å². The zero-order valence-corrected chi connectivity index (χ0v) is 6.84. The van der Waals surface area contributed by atoms with E-state index in [4.69, 9.17) is 0 Å². The van der Waals surface area contributed by atoms with E-state index in [1.165, 1.54) is 0 Å². The molecule has 0 fully saturated rings. The highest BCUT2D eigenvalue weighted by molar-refractivity contribution is 7.74. The molecule has 0 saturated heterocycles. The monoisotopic (exact) mass is 181 g/mol. The third-order valence-corrected chi connectivity index (χ3v) is 1.30. The highest BCUT2D eigenvalue weighted by atomic mass is 32.2. The molecule has 0 bridgehead atoms. The second-order valence-electron chi connectivity index (χ2n) is 1.88. The molecular formula is C8H5O3S-. The van der Waals surface area contributed by atoms with Crippen LogP contribution in [-0.4, -0.2) is 8.76 Å². The maximum Gasteiger partial charge on any atom is 0.151 e. The second kappa shape index (κ2) is 4.54. The normalized spacial score (nSPS) is 11.1. The lowest BCUT2D eigenvalue weighted by molar-refractivity contribution is 0.423. The molecule has 0 saturated carbocycles. The minimum Gasteiger partial charge on any atom is -0.739 e. The summed E-state index contributed by atoms with van der Waals surface area (Å²) in [7, 11) is 0. The minimum absolute atomic E-state index is 0.711. The average molecular weight is 181 g/mol. The Labute approximate surface area is 72.9 Å². The molecule has 0 aromatic heterocycles. The molecule has 1 rings (SSSR count). The van der Waals surface area contributed by atoms with Crippen molar-refractivity contribution >= 4 is 11.4 Å². The summed E-state index contributed by atoms with van der Waals surface area (Å²) in [5, 5.41) is 0. The van der Waals surface area contributed by atoms with Crippen LogP contribution in [0.4, 0.5) is 0 Å². The van der Waals surface area contributed by atoms with E-state index < -0.39 is 11.4 Å². The molecule has 0 aliphatic heterocycles. The topological polar surface area (TPSA) is 49.4 Å². The second-order valence-corrected chi connectivity index (χ2v) is 2.46. The summed E-state index contributed by atoms with van der Waals surface area (Å²) >= 11 is -2.56. The van der Waals surface area contributed by atoms with Crippen LogP contribution in [0.25, 0.3) is 0 Å². The van der Waals surface area contributed by atoms with Crippen LogP contribution in [0.3, 0.4) is 0 Å². The summed E-state index contributed by atoms with van der Waals surface area (Å²) in [6.45, 7) is 0. The van der Waals surface area contributed by atoms with E-state index in [9.17, 15) is 8.76 Å². The van der Waals surface area contributed by atoms with E-state index in [1.54, 1.807) is 24.3 Å². The number of rotatable bonds is 1. The highest BCUT2D eigenvalue weighted by Gasteiger charge is 1.80. The number of hydrogen-bond acceptors (Lipinski definition) is 3. The van der Waals surface area contributed by atoms with Crippen LogP contribution in [-0.2, 0) is 15.5 Å². The Bertz CT molecular complexity index is 323. The van der Waals surface area contributed by atoms with Crippen molar-refractivity contribution < 1.29 is 12.9 Å². The van der Waals surface area contributed by atoms with Crippen molar-refractivity contribution in [2.45, 2.75) is 0 Å². The first-order valence-electron chi connectivity index (χ1n) is 3.11. The van der Waals surface area contributed by atoms with E-state index in [-0.39, 0.29) is 0 Å². The molecule has 4 heteroatoms. The predicted octanol–water partition coefficient (Wildman–Crippen LogP) is 0.806. The minimum atomic E-state index is -2.56. The quantitative estimate of drug-likeness (QED) is 0.475. The summed E-state index contributed by atoms with van der Waals surface area (Å²) < 4.78 is 23.7. The molecular weight excluding hydrogens is 176 g/mol. The van der Waals surface area contributed by atoms with Gasteiger partial charge in [0.1, 0.15) is 6.11 Å². The fourth-order valence-corrected chi connectivity index (χ4v) is 0.745. The molecule has 0 radical (unpaired) electrons. The van der Waals surface area contributed by atoms with Crippen LogP contribution in [0.1, 0.15) is 5.56 Å². The maximum atomic E-state index is 9.86. The third kappa shape index (κ3) is 3.19. The SMILES string of the molecule is O=S([O-])OC#Cc1ccccc1. The smallest absolute Gasteiger partial charge is 0.151 e. The molecule has 1 aromatic carbocycles. The lowest BCUT2D eigenvalue weighted by atomic mass is 10.2. The van der Waals surface area contributed by atoms with Gasteiger partial charge in [0.15, 0.2) is 11.4 Å². The van der Waals surface area contributed by atoms with E-state index in [1.807, 2.05) is 12.2 Å². The van der Waals surface area contributed by atoms with Crippen LogP contribution in [0.2, 0.25) is 0 Å². The Morgan fingerprint density at radius 3 is 2.58 bits per heavy atom. The van der Waals surface area contributed by atoms with Crippen LogP contribution < -0.4 is 0 Å². The lowest BCUT2D eigenvalue weighted by Crippen LogP contribution is -1.86. The molecule has 1 aromatic rings. The van der Waals surface area contributed by atoms with Crippen LogP contribution >= 0.6 is 0 Å². The van der Waals surface area contributed by atoms with Gasteiger partial charge < -0.3 is 8.74 Å². The highest BCUT2D eigenvalue weighted by Crippen LogP contribution is 1.94. The molecule has 3 nitrogen and oxygen atoms in total. The average Bonchev–Trinajstić information content (AvgIpc) is 2.05. The summed E-state index contributed by atoms with van der Waals surface area (Å²) in [6, 6.07) is 8.96. The van der Waals surface area contributed by atoms with Gasteiger partial charge in [0.2, 0.25) is 0 Å². The molecule has 0 aliphatic carbocycles. The molecule has 1 atom stereocenters. The van der Waals surface area contributed by atoms with Crippen LogP contribution in [0, 0.1) is 12.0 Å². The predicted molar refractivity (Wildman–Crippen MR) is 43.3 cm³/mol. The molecule has 0 heterocycles. The van der Waals surface area contributed by atoms with Gasteiger partial charge in [0, 0.05) is 5.56 Å². The summed E-state index contributed by atoms with van der Waals surface area (Å²) in [5.74, 6) is 2.51. The molecule has 0 spiro atoms. The molecule has 0 amide bonds. The summed E-state index contributed by atoms with van der Waals surface area (Å²) in [6.07, 6.45) is 2.04. The first-order chi connectivity index (χ1) is 5.79. The zero-order valence-electron chi connectivity index (χ0n) is 6.02. The summed E-state index contributed by atoms with van der Waals surface area (Å²) in [4.78, 5) is 0. The third-order valence-electron chi connectivity index (χ3n) is 1.08. The number of benzene rings is 1. The van der Waals surface area contributed by atoms with Crippen LogP contribution in [0.15, 0.2) is 30.3 Å². The first-order valence-corrected chi connectivity index (χ1v) is 4.11. The van der Waals surface area contributed by atoms with Crippen LogP contribution in [0.5, 0.6) is 0 Å². The van der Waals surface area contributed by atoms with E-state index in [0.29, 0.717) is 5.56 Å². The van der Waals surface area contributed by atoms with Gasteiger partial charge in [-0.15, -0.1) is 0 Å². The molecule has 12 heavy (non-hydrogen) atoms. The van der Waals surface area contributed by atoms with Crippen molar-refractivity contribution in [2.24, 2.45) is 0 Å². The fraction of sp³-hybridized carbons (Fsp3) is 0. The van der Waals surface area contributed by atoms with Gasteiger partial charge in [-0.3, -0.25) is 0 Å². The molecule has 62 valence electrons. The largest absolute Gasteiger partial charge is 0.739 e. The maximum absolute atomic E-state index is 9.86. The molecule has 0 N–H and O–H groups in total. The molecule has 1 unspecified atom stereocenters. The Kier molecular flexibility index (Phi) is 3.33. The fourth-order valence-electron chi connectivity index (χ4n) is 0.635. The Balaban J connectivity index is 2.61. The van der Waals surface area contributed by atoms with Gasteiger partial charge in [-0.2, -0.15) is 0 Å². The zero-order chi connectivity index (χ0) is 8.81. The van der Waals surface area contributed by atoms with Crippen molar-refractivity contribution in [3.63, 3.8) is 0 Å². The van der Waals surface area contributed by atoms with Crippen molar-refractivity contribution in [1.82, 2.24) is 0 Å². The van der Waals surface area contributed by atoms with Crippen molar-refractivity contribution in [3.8, 4) is 12.0 Å². The molecule has 0 aliphatic rings. The van der Waals surface area contributed by atoms with Gasteiger partial charge in [0.05, 0.1) is 0 Å². The van der Waals surface area contributed by atoms with Crippen molar-refractivity contribution in [1.29, 1.82) is 0 Å². The van der Waals surface area contributed by atoms with Gasteiger partial charge in [-0.05, 0) is 18.1 Å². The van der Waals surface area contributed by atoms with E-state index >= 15 is 0 Å². The standard InChI is InChI=1S/C8H6O3S/c9-12(10)11-7-6-8-4-2-1-3-5-8/h1-5H,(H,9,10)/p-1. The summed E-state index contributed by atoms with van der Waals surface area (Å²) in [5.41, 5.74) is 0.711. The van der Waals surface area contributed by atoms with E-state index in [0.717, 1.165) is 0 Å². The van der Waals surface area contributed by atoms with Gasteiger partial charge in [-0.25, -0.2) is 4.21 Å². The number of hydrogen-bond donors (Lipinski definition) is 0. The van der Waals surface area contributed by atoms with Crippen molar-refractivity contribution in [2.75, 3.05) is 0 Å². The Morgan fingerprint density at radius 1 is 1.33 bits per heavy atom. The first kappa shape index (κ1) is 8.78. The van der Waals surface area contributed by atoms with Gasteiger partial charge in [0.25, 0.3) is 0 Å². The Hall–Kier alpha value is -1.31. The van der Waals surface area contributed by atoms with Crippen molar-refractivity contribution in [3.05, 3.63) is 35.9 Å². The lowest BCUT2D eigenvalue weighted by Gasteiger charge is -1.95.